The Kier molecular flexibility index (Phi) is 2.99. The topological polar surface area (TPSA) is 54.4 Å². The highest BCUT2D eigenvalue weighted by Crippen LogP contribution is 2.40. The van der Waals surface area contributed by atoms with Gasteiger partial charge in [-0.05, 0) is 23.5 Å². The van der Waals surface area contributed by atoms with Gasteiger partial charge in [0.15, 0.2) is 0 Å². The highest BCUT2D eigenvalue weighted by atomic mass is 32.2. The van der Waals surface area contributed by atoms with Crippen LogP contribution in [-0.2, 0) is 9.84 Å². The molecule has 1 aliphatic rings. The summed E-state index contributed by atoms with van der Waals surface area (Å²) in [4.78, 5) is 0.221. The van der Waals surface area contributed by atoms with Crippen LogP contribution in [-0.4, -0.2) is 25.0 Å². The van der Waals surface area contributed by atoms with Crippen LogP contribution in [0.3, 0.4) is 0 Å². The molecule has 3 nitrogen and oxygen atoms in total. The molecule has 0 saturated carbocycles. The molecule has 0 bridgehead atoms. The van der Waals surface area contributed by atoms with Gasteiger partial charge in [-0.25, -0.2) is 8.42 Å². The molecule has 1 aliphatic heterocycles. The molecule has 0 unspecified atom stereocenters. The second-order valence-corrected chi connectivity index (χ2v) is 6.52. The van der Waals surface area contributed by atoms with E-state index in [2.05, 4.69) is 0 Å². The maximum absolute atomic E-state index is 11.8. The number of phenols is 1. The highest BCUT2D eigenvalue weighted by Gasteiger charge is 2.28. The number of hydrogen-bond donors (Lipinski definition) is 1. The first-order valence-electron chi connectivity index (χ1n) is 4.92. The van der Waals surface area contributed by atoms with E-state index >= 15 is 0 Å². The summed E-state index contributed by atoms with van der Waals surface area (Å²) < 4.78 is 23.6. The van der Waals surface area contributed by atoms with Gasteiger partial charge in [0.2, 0.25) is 9.84 Å². The Balaban J connectivity index is 2.53. The lowest BCUT2D eigenvalue weighted by atomic mass is 10.1. The van der Waals surface area contributed by atoms with E-state index in [1.807, 2.05) is 6.92 Å². The minimum atomic E-state index is -3.34. The van der Waals surface area contributed by atoms with E-state index in [9.17, 15) is 13.5 Å². The lowest BCUT2D eigenvalue weighted by Gasteiger charge is -2.05. The van der Waals surface area contributed by atoms with Crippen LogP contribution in [0.15, 0.2) is 28.5 Å². The van der Waals surface area contributed by atoms with Crippen molar-refractivity contribution in [2.75, 3.05) is 11.5 Å². The third-order valence-corrected chi connectivity index (χ3v) is 4.86. The van der Waals surface area contributed by atoms with Crippen molar-refractivity contribution < 1.29 is 13.5 Å². The number of fused-ring (bicyclic) bond motifs is 1. The molecule has 5 heteroatoms. The van der Waals surface area contributed by atoms with Crippen LogP contribution < -0.4 is 0 Å². The van der Waals surface area contributed by atoms with Crippen molar-refractivity contribution >= 4 is 27.2 Å². The molecule has 0 fully saturated rings. The number of benzene rings is 1. The highest BCUT2D eigenvalue weighted by molar-refractivity contribution is 8.00. The van der Waals surface area contributed by atoms with Crippen LogP contribution in [0.25, 0.3) is 5.57 Å². The average Bonchev–Trinajstić information content (AvgIpc) is 2.49. The SMILES string of the molecule is CCSCC1=CS(=O)(=O)c2cccc(O)c21. The first-order chi connectivity index (χ1) is 7.56. The van der Waals surface area contributed by atoms with Crippen LogP contribution in [0.5, 0.6) is 5.75 Å². The number of thioether (sulfide) groups is 1. The summed E-state index contributed by atoms with van der Waals surface area (Å²) in [5, 5.41) is 11.0. The van der Waals surface area contributed by atoms with Gasteiger partial charge in [0.05, 0.1) is 4.90 Å². The van der Waals surface area contributed by atoms with Crippen molar-refractivity contribution in [1.82, 2.24) is 0 Å². The molecule has 1 aromatic rings. The van der Waals surface area contributed by atoms with E-state index in [4.69, 9.17) is 0 Å². The molecule has 1 aromatic carbocycles. The van der Waals surface area contributed by atoms with Gasteiger partial charge in [-0.2, -0.15) is 11.8 Å². The van der Waals surface area contributed by atoms with Crippen LogP contribution in [0.4, 0.5) is 0 Å². The normalized spacial score (nSPS) is 16.9. The Hall–Kier alpha value is -0.940. The van der Waals surface area contributed by atoms with Gasteiger partial charge in [0.25, 0.3) is 0 Å². The van der Waals surface area contributed by atoms with E-state index in [0.29, 0.717) is 16.9 Å². The third kappa shape index (κ3) is 1.85. The summed E-state index contributed by atoms with van der Waals surface area (Å²) in [6.45, 7) is 2.01. The summed E-state index contributed by atoms with van der Waals surface area (Å²) in [5.41, 5.74) is 1.17. The number of sulfone groups is 1. The second-order valence-electron chi connectivity index (χ2n) is 3.48. The molecule has 1 N–H and O–H groups in total. The fourth-order valence-corrected chi connectivity index (χ4v) is 3.96. The van der Waals surface area contributed by atoms with Gasteiger partial charge in [0, 0.05) is 16.7 Å². The van der Waals surface area contributed by atoms with Crippen LogP contribution >= 0.6 is 11.8 Å². The van der Waals surface area contributed by atoms with Gasteiger partial charge in [-0.15, -0.1) is 0 Å². The predicted octanol–water partition coefficient (Wildman–Crippen LogP) is 2.27. The molecule has 0 spiro atoms. The minimum absolute atomic E-state index is 0.0431. The maximum Gasteiger partial charge on any atom is 0.200 e. The average molecular weight is 256 g/mol. The molecule has 1 heterocycles. The molecule has 0 amide bonds. The van der Waals surface area contributed by atoms with E-state index in [1.54, 1.807) is 17.8 Å². The van der Waals surface area contributed by atoms with E-state index < -0.39 is 9.84 Å². The van der Waals surface area contributed by atoms with Crippen LogP contribution in [0.2, 0.25) is 0 Å². The summed E-state index contributed by atoms with van der Waals surface area (Å²) in [7, 11) is -3.34. The molecule has 0 radical (unpaired) electrons. The number of rotatable bonds is 3. The Morgan fingerprint density at radius 2 is 2.12 bits per heavy atom. The van der Waals surface area contributed by atoms with Crippen molar-refractivity contribution in [3.05, 3.63) is 29.2 Å². The van der Waals surface area contributed by atoms with Gasteiger partial charge in [-0.1, -0.05) is 13.0 Å². The standard InChI is InChI=1S/C11H12O3S2/c1-2-15-6-8-7-16(13,14)10-5-3-4-9(12)11(8)10/h3-5,7,12H,2,6H2,1H3. The summed E-state index contributed by atoms with van der Waals surface area (Å²) >= 11 is 1.63. The zero-order valence-corrected chi connectivity index (χ0v) is 10.4. The molecule has 16 heavy (non-hydrogen) atoms. The van der Waals surface area contributed by atoms with Crippen molar-refractivity contribution in [2.45, 2.75) is 11.8 Å². The quantitative estimate of drug-likeness (QED) is 0.901. The smallest absolute Gasteiger partial charge is 0.200 e. The maximum atomic E-state index is 11.8. The van der Waals surface area contributed by atoms with E-state index in [-0.39, 0.29) is 10.6 Å². The van der Waals surface area contributed by atoms with E-state index in [1.165, 1.54) is 17.5 Å². The monoisotopic (exact) mass is 256 g/mol. The van der Waals surface area contributed by atoms with Gasteiger partial charge in [0.1, 0.15) is 5.75 Å². The summed E-state index contributed by atoms with van der Waals surface area (Å²) in [6.07, 6.45) is 0. The van der Waals surface area contributed by atoms with Crippen molar-refractivity contribution in [3.63, 3.8) is 0 Å². The predicted molar refractivity (Wildman–Crippen MR) is 66.3 cm³/mol. The molecule has 0 atom stereocenters. The third-order valence-electron chi connectivity index (χ3n) is 2.39. The van der Waals surface area contributed by atoms with Gasteiger partial charge in [-0.3, -0.25) is 0 Å². The first-order valence-corrected chi connectivity index (χ1v) is 7.62. The lowest BCUT2D eigenvalue weighted by molar-refractivity contribution is 0.471. The molecule has 2 rings (SSSR count). The van der Waals surface area contributed by atoms with E-state index in [0.717, 1.165) is 5.75 Å². The van der Waals surface area contributed by atoms with Crippen molar-refractivity contribution in [2.24, 2.45) is 0 Å². The fraction of sp³-hybridized carbons (Fsp3) is 0.273. The molecule has 0 aromatic heterocycles. The summed E-state index contributed by atoms with van der Waals surface area (Å²) in [6, 6.07) is 4.60. The van der Waals surface area contributed by atoms with Gasteiger partial charge >= 0.3 is 0 Å². The molecule has 86 valence electrons. The number of phenolic OH excluding ortho intramolecular Hbond substituents is 1. The zero-order valence-electron chi connectivity index (χ0n) is 8.80. The van der Waals surface area contributed by atoms with Gasteiger partial charge < -0.3 is 5.11 Å². The zero-order chi connectivity index (χ0) is 11.8. The first kappa shape index (κ1) is 11.5. The second kappa shape index (κ2) is 4.14. The fourth-order valence-electron chi connectivity index (χ4n) is 1.71. The Bertz CT molecular complexity index is 544. The summed E-state index contributed by atoms with van der Waals surface area (Å²) in [5.74, 6) is 1.57. The van der Waals surface area contributed by atoms with Crippen molar-refractivity contribution in [1.29, 1.82) is 0 Å². The number of aromatic hydroxyl groups is 1. The van der Waals surface area contributed by atoms with Crippen LogP contribution in [0, 0.1) is 0 Å². The van der Waals surface area contributed by atoms with Crippen molar-refractivity contribution in [3.8, 4) is 5.75 Å². The molecule has 0 aliphatic carbocycles. The largest absolute Gasteiger partial charge is 0.507 e. The number of hydrogen-bond acceptors (Lipinski definition) is 4. The molecule has 0 saturated heterocycles. The Labute approximate surface area is 99.1 Å². The minimum Gasteiger partial charge on any atom is -0.507 e. The lowest BCUT2D eigenvalue weighted by Crippen LogP contribution is -1.93. The van der Waals surface area contributed by atoms with Crippen LogP contribution in [0.1, 0.15) is 12.5 Å². The Morgan fingerprint density at radius 1 is 1.38 bits per heavy atom. The molecular formula is C11H12O3S2. The Morgan fingerprint density at radius 3 is 2.81 bits per heavy atom. The molecular weight excluding hydrogens is 244 g/mol.